The normalized spacial score (nSPS) is 12.9. The van der Waals surface area contributed by atoms with Gasteiger partial charge in [0.2, 0.25) is 0 Å². The zero-order valence-corrected chi connectivity index (χ0v) is 18.5. The molecule has 1 heterocycles. The van der Waals surface area contributed by atoms with Gasteiger partial charge in [-0.05, 0) is 48.7 Å². The summed E-state index contributed by atoms with van der Waals surface area (Å²) in [6.45, 7) is 4.06. The molecule has 0 aliphatic heterocycles. The van der Waals surface area contributed by atoms with Crippen LogP contribution in [0.3, 0.4) is 0 Å². The average Bonchev–Trinajstić information content (AvgIpc) is 3.15. The molecule has 31 heavy (non-hydrogen) atoms. The highest BCUT2D eigenvalue weighted by atomic mass is 16.5. The molecular formula is C24H29N3O4. The average molecular weight is 424 g/mol. The maximum absolute atomic E-state index is 11.9. The number of carbonyl (C=O) groups is 2. The second-order valence-electron chi connectivity index (χ2n) is 8.06. The van der Waals surface area contributed by atoms with E-state index >= 15 is 0 Å². The first-order valence-electron chi connectivity index (χ1n) is 10.2. The van der Waals surface area contributed by atoms with Gasteiger partial charge in [-0.25, -0.2) is 9.59 Å². The predicted molar refractivity (Wildman–Crippen MR) is 121 cm³/mol. The number of fused-ring (bicyclic) bond motifs is 1. The molecule has 3 rings (SSSR count). The lowest BCUT2D eigenvalue weighted by atomic mass is 9.90. The smallest absolute Gasteiger partial charge is 0.335 e. The summed E-state index contributed by atoms with van der Waals surface area (Å²) in [6.07, 6.45) is 2.70. The van der Waals surface area contributed by atoms with Gasteiger partial charge < -0.3 is 25.0 Å². The summed E-state index contributed by atoms with van der Waals surface area (Å²) in [6, 6.07) is 11.1. The molecule has 0 saturated heterocycles. The number of carbonyl (C=O) groups excluding carboxylic acids is 1. The van der Waals surface area contributed by atoms with Gasteiger partial charge in [-0.3, -0.25) is 0 Å². The van der Waals surface area contributed by atoms with E-state index in [0.29, 0.717) is 12.2 Å². The van der Waals surface area contributed by atoms with Crippen molar-refractivity contribution in [2.75, 3.05) is 21.2 Å². The van der Waals surface area contributed by atoms with E-state index in [1.54, 1.807) is 33.3 Å². The summed E-state index contributed by atoms with van der Waals surface area (Å²) >= 11 is 0. The van der Waals surface area contributed by atoms with Crippen molar-refractivity contribution in [1.82, 2.24) is 15.2 Å². The Labute approximate surface area is 182 Å². The number of hydrogen-bond acceptors (Lipinski definition) is 3. The fourth-order valence-corrected chi connectivity index (χ4v) is 3.79. The molecule has 0 aliphatic rings. The number of benzene rings is 2. The van der Waals surface area contributed by atoms with Gasteiger partial charge in [-0.15, -0.1) is 0 Å². The van der Waals surface area contributed by atoms with Crippen LogP contribution in [0.4, 0.5) is 4.79 Å². The number of carboxylic acids is 1. The number of hydrogen-bond donors (Lipinski definition) is 3. The Balaban J connectivity index is 1.90. The molecule has 0 fully saturated rings. The molecule has 2 unspecified atom stereocenters. The minimum absolute atomic E-state index is 0.00387. The van der Waals surface area contributed by atoms with Crippen molar-refractivity contribution in [2.24, 2.45) is 0 Å². The number of nitrogens with zero attached hydrogens (tertiary/aromatic N) is 1. The number of rotatable bonds is 7. The molecule has 3 N–H and O–H groups in total. The van der Waals surface area contributed by atoms with Crippen LogP contribution < -0.4 is 10.1 Å². The summed E-state index contributed by atoms with van der Waals surface area (Å²) < 4.78 is 5.48. The topological polar surface area (TPSA) is 94.7 Å². The molecule has 3 aromatic rings. The number of aromatic carboxylic acids is 1. The number of urea groups is 1. The van der Waals surface area contributed by atoms with Gasteiger partial charge in [0.25, 0.3) is 0 Å². The van der Waals surface area contributed by atoms with Crippen LogP contribution in [0.1, 0.15) is 46.8 Å². The molecule has 2 amide bonds. The van der Waals surface area contributed by atoms with Gasteiger partial charge in [0, 0.05) is 48.7 Å². The Kier molecular flexibility index (Phi) is 6.53. The van der Waals surface area contributed by atoms with Crippen LogP contribution in [0.2, 0.25) is 0 Å². The molecule has 0 aliphatic carbocycles. The number of aromatic nitrogens is 1. The Morgan fingerprint density at radius 2 is 1.87 bits per heavy atom. The largest absolute Gasteiger partial charge is 0.496 e. The molecule has 0 bridgehead atoms. The Bertz CT molecular complexity index is 1100. The number of methoxy groups -OCH3 is 1. The SMILES string of the molecule is COc1cc(C(=O)O)ccc1C(C)c1c[nH]c2ccc(CC(C)NC(=O)N(C)C)cc12. The van der Waals surface area contributed by atoms with Crippen molar-refractivity contribution in [3.63, 3.8) is 0 Å². The van der Waals surface area contributed by atoms with E-state index < -0.39 is 5.97 Å². The standard InChI is InChI=1S/C24H29N3O4/c1-14(26-24(30)27(3)4)10-16-6-9-21-19(11-16)20(13-25-21)15(2)18-8-7-17(23(28)29)12-22(18)31-5/h6-9,11-15,25H,10H2,1-5H3,(H,26,30)(H,28,29). The number of amides is 2. The van der Waals surface area contributed by atoms with Crippen LogP contribution in [-0.4, -0.2) is 54.2 Å². The van der Waals surface area contributed by atoms with Crippen LogP contribution in [0.25, 0.3) is 10.9 Å². The molecule has 7 heteroatoms. The van der Waals surface area contributed by atoms with Gasteiger partial charge in [-0.1, -0.05) is 19.1 Å². The lowest BCUT2D eigenvalue weighted by molar-refractivity contribution is 0.0696. The molecular weight excluding hydrogens is 394 g/mol. The first-order valence-corrected chi connectivity index (χ1v) is 10.2. The summed E-state index contributed by atoms with van der Waals surface area (Å²) in [5.74, 6) is -0.435. The van der Waals surface area contributed by atoms with Crippen LogP contribution in [0, 0.1) is 0 Å². The lowest BCUT2D eigenvalue weighted by Crippen LogP contribution is -2.40. The van der Waals surface area contributed by atoms with Crippen molar-refractivity contribution >= 4 is 22.9 Å². The van der Waals surface area contributed by atoms with E-state index in [4.69, 9.17) is 4.74 Å². The first kappa shape index (κ1) is 22.2. The second kappa shape index (κ2) is 9.12. The lowest BCUT2D eigenvalue weighted by Gasteiger charge is -2.18. The van der Waals surface area contributed by atoms with Gasteiger partial charge in [0.05, 0.1) is 12.7 Å². The Morgan fingerprint density at radius 3 is 2.52 bits per heavy atom. The van der Waals surface area contributed by atoms with E-state index in [0.717, 1.165) is 27.6 Å². The van der Waals surface area contributed by atoms with Crippen LogP contribution in [-0.2, 0) is 6.42 Å². The molecule has 7 nitrogen and oxygen atoms in total. The third kappa shape index (κ3) is 4.82. The highest BCUT2D eigenvalue weighted by Crippen LogP contribution is 2.36. The van der Waals surface area contributed by atoms with Crippen molar-refractivity contribution in [1.29, 1.82) is 0 Å². The van der Waals surface area contributed by atoms with Crippen LogP contribution in [0.5, 0.6) is 5.75 Å². The van der Waals surface area contributed by atoms with Crippen molar-refractivity contribution in [3.05, 3.63) is 64.8 Å². The highest BCUT2D eigenvalue weighted by molar-refractivity contribution is 5.89. The number of ether oxygens (including phenoxy) is 1. The molecule has 0 radical (unpaired) electrons. The fourth-order valence-electron chi connectivity index (χ4n) is 3.79. The first-order chi connectivity index (χ1) is 14.7. The van der Waals surface area contributed by atoms with Crippen LogP contribution >= 0.6 is 0 Å². The monoisotopic (exact) mass is 423 g/mol. The van der Waals surface area contributed by atoms with E-state index in [-0.39, 0.29) is 23.6 Å². The van der Waals surface area contributed by atoms with Gasteiger partial charge >= 0.3 is 12.0 Å². The second-order valence-corrected chi connectivity index (χ2v) is 8.06. The zero-order chi connectivity index (χ0) is 22.7. The van der Waals surface area contributed by atoms with Gasteiger partial charge in [-0.2, -0.15) is 0 Å². The maximum Gasteiger partial charge on any atom is 0.335 e. The zero-order valence-electron chi connectivity index (χ0n) is 18.5. The van der Waals surface area contributed by atoms with Crippen LogP contribution in [0.15, 0.2) is 42.6 Å². The molecule has 2 atom stereocenters. The maximum atomic E-state index is 11.9. The molecule has 0 spiro atoms. The molecule has 2 aromatic carbocycles. The third-order valence-electron chi connectivity index (χ3n) is 5.51. The van der Waals surface area contributed by atoms with E-state index in [1.807, 2.05) is 25.3 Å². The van der Waals surface area contributed by atoms with Gasteiger partial charge in [0.15, 0.2) is 0 Å². The summed E-state index contributed by atoms with van der Waals surface area (Å²) in [7, 11) is 4.99. The molecule has 0 saturated carbocycles. The Morgan fingerprint density at radius 1 is 1.13 bits per heavy atom. The van der Waals surface area contributed by atoms with E-state index in [1.165, 1.54) is 4.90 Å². The number of nitrogens with one attached hydrogen (secondary N) is 2. The number of H-pyrrole nitrogens is 1. The van der Waals surface area contributed by atoms with E-state index in [9.17, 15) is 14.7 Å². The third-order valence-corrected chi connectivity index (χ3v) is 5.51. The summed E-state index contributed by atoms with van der Waals surface area (Å²) in [4.78, 5) is 28.0. The molecule has 1 aromatic heterocycles. The Hall–Kier alpha value is -3.48. The predicted octanol–water partition coefficient (Wildman–Crippen LogP) is 4.23. The summed E-state index contributed by atoms with van der Waals surface area (Å²) in [5, 5.41) is 13.3. The highest BCUT2D eigenvalue weighted by Gasteiger charge is 2.19. The quantitative estimate of drug-likeness (QED) is 0.530. The van der Waals surface area contributed by atoms with Crippen molar-refractivity contribution in [2.45, 2.75) is 32.2 Å². The van der Waals surface area contributed by atoms with Gasteiger partial charge in [0.1, 0.15) is 5.75 Å². The fraction of sp³-hybridized carbons (Fsp3) is 0.333. The minimum atomic E-state index is -0.982. The molecule has 164 valence electrons. The van der Waals surface area contributed by atoms with E-state index in [2.05, 4.69) is 29.4 Å². The minimum Gasteiger partial charge on any atom is -0.496 e. The van der Waals surface area contributed by atoms with Crippen molar-refractivity contribution < 1.29 is 19.4 Å². The number of aromatic amines is 1. The summed E-state index contributed by atoms with van der Waals surface area (Å²) in [5.41, 5.74) is 4.37. The van der Waals surface area contributed by atoms with Crippen molar-refractivity contribution in [3.8, 4) is 5.75 Å². The number of carboxylic acid groups (broad SMARTS) is 1.